The molecule has 31 heavy (non-hydrogen) atoms. The average Bonchev–Trinajstić information content (AvgIpc) is 2.76. The Balaban J connectivity index is 1.71. The zero-order valence-electron chi connectivity index (χ0n) is 16.9. The molecule has 4 nitrogen and oxygen atoms in total. The van der Waals surface area contributed by atoms with Gasteiger partial charge in [0.25, 0.3) is 5.91 Å². The lowest BCUT2D eigenvalue weighted by atomic mass is 10.1. The van der Waals surface area contributed by atoms with Gasteiger partial charge in [-0.05, 0) is 80.3 Å². The highest BCUT2D eigenvalue weighted by molar-refractivity contribution is 14.1. The smallest absolute Gasteiger partial charge is 0.262 e. The van der Waals surface area contributed by atoms with Crippen LogP contribution in [0.2, 0.25) is 0 Å². The standard InChI is InChI=1S/C25H20BrIN2O2/c1-17-6-5-9-19(10-17)16-31-24-22(26)12-20(13-23(24)27)11-21(14-28)25(30)29-15-18-7-3-2-4-8-18/h2-13H,15-16H2,1H3,(H,29,30)/b21-11-. The maximum atomic E-state index is 12.4. The molecule has 0 fully saturated rings. The van der Waals surface area contributed by atoms with E-state index in [1.54, 1.807) is 6.08 Å². The van der Waals surface area contributed by atoms with Gasteiger partial charge in [-0.2, -0.15) is 5.26 Å². The van der Waals surface area contributed by atoms with Crippen molar-refractivity contribution >= 4 is 50.5 Å². The molecule has 3 rings (SSSR count). The van der Waals surface area contributed by atoms with Gasteiger partial charge in [0.05, 0.1) is 8.04 Å². The number of aryl methyl sites for hydroxylation is 1. The van der Waals surface area contributed by atoms with Gasteiger partial charge in [0.2, 0.25) is 0 Å². The van der Waals surface area contributed by atoms with Gasteiger partial charge in [0.15, 0.2) is 0 Å². The predicted octanol–water partition coefficient (Wildman–Crippen LogP) is 6.16. The lowest BCUT2D eigenvalue weighted by molar-refractivity contribution is -0.117. The molecule has 0 aliphatic heterocycles. The molecule has 0 unspecified atom stereocenters. The van der Waals surface area contributed by atoms with Crippen LogP contribution in [0.3, 0.4) is 0 Å². The average molecular weight is 587 g/mol. The molecule has 6 heteroatoms. The van der Waals surface area contributed by atoms with Crippen LogP contribution in [0.5, 0.6) is 5.75 Å². The maximum Gasteiger partial charge on any atom is 0.262 e. The number of nitrogens with zero attached hydrogens (tertiary/aromatic N) is 1. The minimum atomic E-state index is -0.405. The second-order valence-corrected chi connectivity index (χ2v) is 8.95. The first kappa shape index (κ1) is 23.0. The monoisotopic (exact) mass is 586 g/mol. The van der Waals surface area contributed by atoms with E-state index in [1.165, 1.54) is 5.56 Å². The highest BCUT2D eigenvalue weighted by Crippen LogP contribution is 2.33. The molecule has 3 aromatic rings. The van der Waals surface area contributed by atoms with Crippen LogP contribution in [0, 0.1) is 21.8 Å². The Hall–Kier alpha value is -2.63. The van der Waals surface area contributed by atoms with Gasteiger partial charge < -0.3 is 10.1 Å². The fourth-order valence-electron chi connectivity index (χ4n) is 2.95. The Bertz CT molecular complexity index is 1130. The molecule has 0 heterocycles. The number of halogens is 2. The lowest BCUT2D eigenvalue weighted by Gasteiger charge is -2.12. The third-order valence-corrected chi connectivity index (χ3v) is 5.85. The van der Waals surface area contributed by atoms with Gasteiger partial charge in [0.1, 0.15) is 24.0 Å². The number of benzene rings is 3. The molecular formula is C25H20BrIN2O2. The molecule has 0 aromatic heterocycles. The Labute approximate surface area is 204 Å². The van der Waals surface area contributed by atoms with E-state index < -0.39 is 5.91 Å². The summed E-state index contributed by atoms with van der Waals surface area (Å²) in [5.74, 6) is 0.323. The van der Waals surface area contributed by atoms with Crippen molar-refractivity contribution in [3.63, 3.8) is 0 Å². The zero-order valence-corrected chi connectivity index (χ0v) is 20.6. The van der Waals surface area contributed by atoms with E-state index in [9.17, 15) is 10.1 Å². The molecule has 0 spiro atoms. The molecule has 0 aliphatic rings. The molecule has 0 atom stereocenters. The summed E-state index contributed by atoms with van der Waals surface area (Å²) in [6, 6.07) is 23.5. The Kier molecular flexibility index (Phi) is 8.27. The first-order valence-corrected chi connectivity index (χ1v) is 11.4. The summed E-state index contributed by atoms with van der Waals surface area (Å²) >= 11 is 5.75. The number of rotatable bonds is 7. The van der Waals surface area contributed by atoms with E-state index >= 15 is 0 Å². The van der Waals surface area contributed by atoms with Crippen LogP contribution in [-0.4, -0.2) is 5.91 Å². The topological polar surface area (TPSA) is 62.1 Å². The van der Waals surface area contributed by atoms with Gasteiger partial charge in [0, 0.05) is 6.54 Å². The van der Waals surface area contributed by atoms with Crippen molar-refractivity contribution in [1.82, 2.24) is 5.32 Å². The fourth-order valence-corrected chi connectivity index (χ4v) is 4.72. The first-order valence-electron chi connectivity index (χ1n) is 9.57. The maximum absolute atomic E-state index is 12.4. The van der Waals surface area contributed by atoms with Crippen LogP contribution in [0.1, 0.15) is 22.3 Å². The van der Waals surface area contributed by atoms with Crippen molar-refractivity contribution in [1.29, 1.82) is 5.26 Å². The number of nitriles is 1. The highest BCUT2D eigenvalue weighted by atomic mass is 127. The summed E-state index contributed by atoms with van der Waals surface area (Å²) in [6.45, 7) is 2.87. The van der Waals surface area contributed by atoms with Crippen molar-refractivity contribution in [2.45, 2.75) is 20.1 Å². The second-order valence-electron chi connectivity index (χ2n) is 6.93. The van der Waals surface area contributed by atoms with Gasteiger partial charge in [-0.3, -0.25) is 4.79 Å². The van der Waals surface area contributed by atoms with Crippen molar-refractivity contribution in [3.05, 3.63) is 103 Å². The number of hydrogen-bond donors (Lipinski definition) is 1. The third kappa shape index (κ3) is 6.68. The van der Waals surface area contributed by atoms with E-state index in [1.807, 2.05) is 73.7 Å². The van der Waals surface area contributed by atoms with Crippen LogP contribution in [-0.2, 0) is 17.9 Å². The Morgan fingerprint density at radius 3 is 2.55 bits per heavy atom. The van der Waals surface area contributed by atoms with E-state index in [2.05, 4.69) is 49.9 Å². The summed E-state index contributed by atoms with van der Waals surface area (Å²) in [4.78, 5) is 12.4. The molecule has 0 bridgehead atoms. The third-order valence-electron chi connectivity index (χ3n) is 4.46. The van der Waals surface area contributed by atoms with Crippen molar-refractivity contribution in [2.75, 3.05) is 0 Å². The molecular weight excluding hydrogens is 567 g/mol. The van der Waals surface area contributed by atoms with Crippen LogP contribution in [0.4, 0.5) is 0 Å². The van der Waals surface area contributed by atoms with E-state index in [4.69, 9.17) is 4.74 Å². The van der Waals surface area contributed by atoms with Gasteiger partial charge in [-0.1, -0.05) is 60.2 Å². The van der Waals surface area contributed by atoms with Crippen molar-refractivity contribution < 1.29 is 9.53 Å². The summed E-state index contributed by atoms with van der Waals surface area (Å²) in [5.41, 5.74) is 4.04. The SMILES string of the molecule is Cc1cccc(COc2c(Br)cc(/C=C(/C#N)C(=O)NCc3ccccc3)cc2I)c1. The van der Waals surface area contributed by atoms with E-state index in [0.29, 0.717) is 13.2 Å². The zero-order chi connectivity index (χ0) is 22.2. The van der Waals surface area contributed by atoms with Gasteiger partial charge >= 0.3 is 0 Å². The minimum Gasteiger partial charge on any atom is -0.487 e. The van der Waals surface area contributed by atoms with Crippen molar-refractivity contribution in [2.24, 2.45) is 0 Å². The number of ether oxygens (including phenoxy) is 1. The van der Waals surface area contributed by atoms with Crippen LogP contribution < -0.4 is 10.1 Å². The molecule has 1 amide bonds. The number of amides is 1. The Morgan fingerprint density at radius 1 is 1.13 bits per heavy atom. The largest absolute Gasteiger partial charge is 0.487 e. The van der Waals surface area contributed by atoms with Crippen molar-refractivity contribution in [3.8, 4) is 11.8 Å². The van der Waals surface area contributed by atoms with Crippen LogP contribution >= 0.6 is 38.5 Å². The molecule has 0 aliphatic carbocycles. The Morgan fingerprint density at radius 2 is 1.87 bits per heavy atom. The van der Waals surface area contributed by atoms with E-state index in [0.717, 1.165) is 30.5 Å². The number of hydrogen-bond acceptors (Lipinski definition) is 3. The van der Waals surface area contributed by atoms with E-state index in [-0.39, 0.29) is 5.57 Å². The van der Waals surface area contributed by atoms with Gasteiger partial charge in [-0.25, -0.2) is 0 Å². The van der Waals surface area contributed by atoms with Crippen LogP contribution in [0.25, 0.3) is 6.08 Å². The quantitative estimate of drug-likeness (QED) is 0.205. The molecule has 0 saturated heterocycles. The summed E-state index contributed by atoms with van der Waals surface area (Å²) in [7, 11) is 0. The van der Waals surface area contributed by atoms with Gasteiger partial charge in [-0.15, -0.1) is 0 Å². The fraction of sp³-hybridized carbons (Fsp3) is 0.120. The minimum absolute atomic E-state index is 0.0482. The first-order chi connectivity index (χ1) is 15.0. The normalized spacial score (nSPS) is 11.0. The molecule has 1 N–H and O–H groups in total. The molecule has 3 aromatic carbocycles. The highest BCUT2D eigenvalue weighted by Gasteiger charge is 2.12. The molecule has 0 saturated carbocycles. The summed E-state index contributed by atoms with van der Waals surface area (Å²) in [6.07, 6.45) is 1.58. The summed E-state index contributed by atoms with van der Waals surface area (Å²) in [5, 5.41) is 12.2. The number of nitrogens with one attached hydrogen (secondary N) is 1. The number of carbonyl (C=O) groups is 1. The molecule has 0 radical (unpaired) electrons. The molecule has 156 valence electrons. The van der Waals surface area contributed by atoms with Crippen LogP contribution in [0.15, 0.2) is 76.8 Å². The predicted molar refractivity (Wildman–Crippen MR) is 134 cm³/mol. The number of carbonyl (C=O) groups excluding carboxylic acids is 1. The lowest BCUT2D eigenvalue weighted by Crippen LogP contribution is -2.23. The second kappa shape index (κ2) is 11.1. The summed E-state index contributed by atoms with van der Waals surface area (Å²) < 4.78 is 7.66.